The van der Waals surface area contributed by atoms with E-state index in [9.17, 15) is 4.79 Å². The largest absolute Gasteiger partial charge is 0.466 e. The first-order valence-electron chi connectivity index (χ1n) is 10.0. The number of ether oxygens (including phenoxy) is 1. The van der Waals surface area contributed by atoms with E-state index < -0.39 is 0 Å². The van der Waals surface area contributed by atoms with Crippen molar-refractivity contribution in [1.29, 1.82) is 0 Å². The van der Waals surface area contributed by atoms with Gasteiger partial charge in [0.2, 0.25) is 0 Å². The number of nitrogens with zero attached hydrogens (tertiary/aromatic N) is 1. The van der Waals surface area contributed by atoms with Gasteiger partial charge in [0.05, 0.1) is 13.0 Å². The Morgan fingerprint density at radius 2 is 1.59 bits per heavy atom. The van der Waals surface area contributed by atoms with Crippen molar-refractivity contribution in [3.63, 3.8) is 0 Å². The van der Waals surface area contributed by atoms with Crippen LogP contribution in [-0.4, -0.2) is 17.1 Å². The van der Waals surface area contributed by atoms with Crippen molar-refractivity contribution in [2.45, 2.75) is 26.8 Å². The molecule has 3 heteroatoms. The maximum Gasteiger partial charge on any atom is 0.310 e. The molecule has 0 unspecified atom stereocenters. The second kappa shape index (κ2) is 8.36. The fourth-order valence-electron chi connectivity index (χ4n) is 3.91. The molecular weight excluding hydrogens is 358 g/mol. The van der Waals surface area contributed by atoms with Crippen LogP contribution < -0.4 is 0 Å². The van der Waals surface area contributed by atoms with Gasteiger partial charge in [-0.1, -0.05) is 72.8 Å². The van der Waals surface area contributed by atoms with E-state index >= 15 is 0 Å². The van der Waals surface area contributed by atoms with Crippen molar-refractivity contribution < 1.29 is 9.53 Å². The number of rotatable bonds is 6. The lowest BCUT2D eigenvalue weighted by Crippen LogP contribution is -2.09. The zero-order chi connectivity index (χ0) is 20.2. The summed E-state index contributed by atoms with van der Waals surface area (Å²) in [5.41, 5.74) is 6.91. The molecular formula is C26H25NO2. The van der Waals surface area contributed by atoms with Gasteiger partial charge in [-0.25, -0.2) is 0 Å². The standard InChI is InChI=1S/C26H25NO2/c1-3-29-26(28)17-24-19(2)27(18-20-10-6-4-7-11-20)25-16-22(14-15-23(24)25)21-12-8-5-9-13-21/h4-16H,3,17-18H2,1-2H3. The van der Waals surface area contributed by atoms with E-state index in [4.69, 9.17) is 4.74 Å². The molecule has 0 amide bonds. The van der Waals surface area contributed by atoms with Gasteiger partial charge in [0.15, 0.2) is 0 Å². The highest BCUT2D eigenvalue weighted by molar-refractivity contribution is 5.92. The molecule has 4 rings (SSSR count). The number of benzene rings is 3. The summed E-state index contributed by atoms with van der Waals surface area (Å²) in [5.74, 6) is -0.179. The van der Waals surface area contributed by atoms with E-state index in [2.05, 4.69) is 78.2 Å². The molecule has 3 aromatic carbocycles. The van der Waals surface area contributed by atoms with Gasteiger partial charge in [-0.15, -0.1) is 0 Å². The topological polar surface area (TPSA) is 31.2 Å². The van der Waals surface area contributed by atoms with Gasteiger partial charge < -0.3 is 9.30 Å². The van der Waals surface area contributed by atoms with Crippen LogP contribution in [0.1, 0.15) is 23.7 Å². The van der Waals surface area contributed by atoms with E-state index in [0.717, 1.165) is 28.7 Å². The van der Waals surface area contributed by atoms with E-state index in [-0.39, 0.29) is 5.97 Å². The first-order valence-corrected chi connectivity index (χ1v) is 10.0. The molecule has 0 atom stereocenters. The van der Waals surface area contributed by atoms with Crippen molar-refractivity contribution >= 4 is 16.9 Å². The van der Waals surface area contributed by atoms with Crippen LogP contribution in [0.2, 0.25) is 0 Å². The summed E-state index contributed by atoms with van der Waals surface area (Å²) in [6.07, 6.45) is 0.294. The summed E-state index contributed by atoms with van der Waals surface area (Å²) >= 11 is 0. The average Bonchev–Trinajstić information content (AvgIpc) is 3.00. The monoisotopic (exact) mass is 383 g/mol. The Kier molecular flexibility index (Phi) is 5.48. The fourth-order valence-corrected chi connectivity index (χ4v) is 3.91. The second-order valence-electron chi connectivity index (χ2n) is 7.22. The first kappa shape index (κ1) is 19.0. The van der Waals surface area contributed by atoms with E-state index in [1.54, 1.807) is 0 Å². The molecule has 1 aromatic heterocycles. The minimum absolute atomic E-state index is 0.179. The third-order valence-electron chi connectivity index (χ3n) is 5.37. The zero-order valence-corrected chi connectivity index (χ0v) is 16.9. The number of hydrogen-bond acceptors (Lipinski definition) is 2. The van der Waals surface area contributed by atoms with E-state index in [1.165, 1.54) is 16.7 Å². The highest BCUT2D eigenvalue weighted by Crippen LogP contribution is 2.31. The Labute approximate surface area is 171 Å². The number of carbonyl (C=O) groups excluding carboxylic acids is 1. The molecule has 29 heavy (non-hydrogen) atoms. The molecule has 0 aliphatic rings. The van der Waals surface area contributed by atoms with Crippen LogP contribution in [0.3, 0.4) is 0 Å². The number of hydrogen-bond donors (Lipinski definition) is 0. The SMILES string of the molecule is CCOC(=O)Cc1c(C)n(Cc2ccccc2)c2cc(-c3ccccc3)ccc12. The maximum atomic E-state index is 12.2. The molecule has 0 fully saturated rings. The zero-order valence-electron chi connectivity index (χ0n) is 16.9. The normalized spacial score (nSPS) is 11.0. The van der Waals surface area contributed by atoms with Gasteiger partial charge in [-0.05, 0) is 42.2 Å². The van der Waals surface area contributed by atoms with Crippen LogP contribution in [0, 0.1) is 6.92 Å². The molecule has 0 saturated carbocycles. The van der Waals surface area contributed by atoms with Crippen LogP contribution >= 0.6 is 0 Å². The third kappa shape index (κ3) is 3.95. The molecule has 0 radical (unpaired) electrons. The summed E-state index contributed by atoms with van der Waals surface area (Å²) < 4.78 is 7.53. The summed E-state index contributed by atoms with van der Waals surface area (Å²) in [4.78, 5) is 12.2. The van der Waals surface area contributed by atoms with Crippen molar-refractivity contribution in [1.82, 2.24) is 4.57 Å². The Morgan fingerprint density at radius 3 is 2.28 bits per heavy atom. The van der Waals surface area contributed by atoms with Crippen LogP contribution in [0.5, 0.6) is 0 Å². The molecule has 0 aliphatic heterocycles. The number of fused-ring (bicyclic) bond motifs is 1. The smallest absolute Gasteiger partial charge is 0.310 e. The maximum absolute atomic E-state index is 12.2. The van der Waals surface area contributed by atoms with Gasteiger partial charge in [0, 0.05) is 23.1 Å². The number of aromatic nitrogens is 1. The predicted molar refractivity (Wildman–Crippen MR) is 118 cm³/mol. The lowest BCUT2D eigenvalue weighted by atomic mass is 10.0. The quantitative estimate of drug-likeness (QED) is 0.396. The third-order valence-corrected chi connectivity index (χ3v) is 5.37. The van der Waals surface area contributed by atoms with Crippen LogP contribution in [0.4, 0.5) is 0 Å². The first-order chi connectivity index (χ1) is 14.2. The van der Waals surface area contributed by atoms with Crippen molar-refractivity contribution in [3.8, 4) is 11.1 Å². The van der Waals surface area contributed by atoms with Gasteiger partial charge >= 0.3 is 5.97 Å². The fraction of sp³-hybridized carbons (Fsp3) is 0.192. The second-order valence-corrected chi connectivity index (χ2v) is 7.22. The molecule has 0 spiro atoms. The van der Waals surface area contributed by atoms with Gasteiger partial charge in [0.25, 0.3) is 0 Å². The molecule has 146 valence electrons. The van der Waals surface area contributed by atoms with Gasteiger partial charge in [0.1, 0.15) is 0 Å². The lowest BCUT2D eigenvalue weighted by Gasteiger charge is -2.10. The Morgan fingerprint density at radius 1 is 0.897 bits per heavy atom. The van der Waals surface area contributed by atoms with Crippen LogP contribution in [0.25, 0.3) is 22.0 Å². The Bertz CT molecular complexity index is 1130. The number of carbonyl (C=O) groups is 1. The van der Waals surface area contributed by atoms with Crippen molar-refractivity contribution in [2.24, 2.45) is 0 Å². The molecule has 4 aromatic rings. The van der Waals surface area contributed by atoms with Crippen LogP contribution in [0.15, 0.2) is 78.9 Å². The Balaban J connectivity index is 1.85. The highest BCUT2D eigenvalue weighted by atomic mass is 16.5. The summed E-state index contributed by atoms with van der Waals surface area (Å²) in [6, 6.07) is 27.3. The van der Waals surface area contributed by atoms with Gasteiger partial charge in [-0.3, -0.25) is 4.79 Å². The molecule has 3 nitrogen and oxygen atoms in total. The minimum Gasteiger partial charge on any atom is -0.466 e. The Hall–Kier alpha value is -3.33. The summed E-state index contributed by atoms with van der Waals surface area (Å²) in [5, 5.41) is 1.12. The van der Waals surface area contributed by atoms with Gasteiger partial charge in [-0.2, -0.15) is 0 Å². The van der Waals surface area contributed by atoms with E-state index in [1.807, 2.05) is 19.1 Å². The van der Waals surface area contributed by atoms with E-state index in [0.29, 0.717) is 13.0 Å². The molecule has 0 N–H and O–H groups in total. The van der Waals surface area contributed by atoms with Crippen molar-refractivity contribution in [2.75, 3.05) is 6.61 Å². The molecule has 0 bridgehead atoms. The molecule has 0 saturated heterocycles. The van der Waals surface area contributed by atoms with Crippen molar-refractivity contribution in [3.05, 3.63) is 95.7 Å². The predicted octanol–water partition coefficient (Wildman–Crippen LogP) is 5.77. The summed E-state index contributed by atoms with van der Waals surface area (Å²) in [6.45, 7) is 5.11. The highest BCUT2D eigenvalue weighted by Gasteiger charge is 2.18. The molecule has 0 aliphatic carbocycles. The number of esters is 1. The lowest BCUT2D eigenvalue weighted by molar-refractivity contribution is -0.142. The minimum atomic E-state index is -0.179. The summed E-state index contributed by atoms with van der Waals surface area (Å²) in [7, 11) is 0. The molecule has 1 heterocycles. The average molecular weight is 383 g/mol. The van der Waals surface area contributed by atoms with Crippen LogP contribution in [-0.2, 0) is 22.5 Å².